The van der Waals surface area contributed by atoms with Crippen LogP contribution in [0.2, 0.25) is 0 Å². The topological polar surface area (TPSA) is 90.0 Å². The zero-order valence-corrected chi connectivity index (χ0v) is 22.6. The Morgan fingerprint density at radius 2 is 1.94 bits per heavy atom. The molecule has 1 saturated heterocycles. The smallest absolute Gasteiger partial charge is 0.273 e. The largest absolute Gasteiger partial charge is 0.490 e. The molecule has 1 aliphatic heterocycles. The van der Waals surface area contributed by atoms with Crippen molar-refractivity contribution in [2.75, 3.05) is 39.5 Å². The maximum Gasteiger partial charge on any atom is 0.273 e. The van der Waals surface area contributed by atoms with Gasteiger partial charge in [0.2, 0.25) is 0 Å². The monoisotopic (exact) mass is 499 g/mol. The van der Waals surface area contributed by atoms with E-state index in [-0.39, 0.29) is 30.4 Å². The molecule has 8 heteroatoms. The van der Waals surface area contributed by atoms with Crippen molar-refractivity contribution >= 4 is 22.6 Å². The van der Waals surface area contributed by atoms with Gasteiger partial charge in [-0.05, 0) is 52.3 Å². The molecule has 198 valence electrons. The Balaban J connectivity index is 2.01. The first-order valence-corrected chi connectivity index (χ1v) is 13.0. The Kier molecular flexibility index (Phi) is 9.68. The molecule has 0 spiro atoms. The standard InChI is InChI=1S/C28H41N3O5/c1-7-34-14-15-35-24-16-22(27(33)31(19(2)3)20-10-9-13-29-17-20)30-26-21(24)11-8-12-23(26)36-18-25(32)28(4,5)6/h8,11-12,16,19-20,29H,7,9-10,13-15,17-18H2,1-6H3/t20-/m1/s1. The van der Waals surface area contributed by atoms with Crippen LogP contribution in [-0.2, 0) is 9.53 Å². The number of hydrogen-bond donors (Lipinski definition) is 1. The molecule has 1 aromatic heterocycles. The lowest BCUT2D eigenvalue weighted by Gasteiger charge is -2.37. The highest BCUT2D eigenvalue weighted by molar-refractivity contribution is 5.99. The average Bonchev–Trinajstić information content (AvgIpc) is 2.84. The lowest BCUT2D eigenvalue weighted by molar-refractivity contribution is -0.128. The zero-order chi connectivity index (χ0) is 26.3. The van der Waals surface area contributed by atoms with Crippen LogP contribution in [0.5, 0.6) is 11.5 Å². The number of ketones is 1. The number of carbonyl (C=O) groups is 2. The molecule has 0 radical (unpaired) electrons. The predicted octanol–water partition coefficient (Wildman–Crippen LogP) is 4.25. The molecule has 1 amide bonds. The number of pyridine rings is 1. The Labute approximate surface area is 214 Å². The number of hydrogen-bond acceptors (Lipinski definition) is 7. The van der Waals surface area contributed by atoms with E-state index in [4.69, 9.17) is 19.2 Å². The van der Waals surface area contributed by atoms with Crippen molar-refractivity contribution in [2.45, 2.75) is 66.5 Å². The van der Waals surface area contributed by atoms with Gasteiger partial charge in [-0.2, -0.15) is 0 Å². The molecule has 0 bridgehead atoms. The number of nitrogens with one attached hydrogen (secondary N) is 1. The normalized spacial score (nSPS) is 16.2. The molecule has 1 fully saturated rings. The third-order valence-corrected chi connectivity index (χ3v) is 6.32. The van der Waals surface area contributed by atoms with E-state index in [1.165, 1.54) is 0 Å². The van der Waals surface area contributed by atoms with Crippen molar-refractivity contribution in [2.24, 2.45) is 5.41 Å². The predicted molar refractivity (Wildman–Crippen MR) is 141 cm³/mol. The van der Waals surface area contributed by atoms with Crippen molar-refractivity contribution in [3.05, 3.63) is 30.0 Å². The number of benzene rings is 1. The Hall–Kier alpha value is -2.71. The SMILES string of the molecule is CCOCCOc1cc(C(=O)N(C(C)C)[C@@H]2CCCNC2)nc2c(OCC(=O)C(C)(C)C)cccc12. The van der Waals surface area contributed by atoms with Crippen molar-refractivity contribution in [1.82, 2.24) is 15.2 Å². The zero-order valence-electron chi connectivity index (χ0n) is 22.6. The fourth-order valence-electron chi connectivity index (χ4n) is 4.28. The molecule has 8 nitrogen and oxygen atoms in total. The molecule has 2 aromatic rings. The first kappa shape index (κ1) is 27.9. The highest BCUT2D eigenvalue weighted by Crippen LogP contribution is 2.33. The summed E-state index contributed by atoms with van der Waals surface area (Å²) in [7, 11) is 0. The molecule has 1 N–H and O–H groups in total. The van der Waals surface area contributed by atoms with Crippen LogP contribution >= 0.6 is 0 Å². The fraction of sp³-hybridized carbons (Fsp3) is 0.607. The summed E-state index contributed by atoms with van der Waals surface area (Å²) in [6.07, 6.45) is 1.98. The summed E-state index contributed by atoms with van der Waals surface area (Å²) in [4.78, 5) is 33.0. The second-order valence-electron chi connectivity index (χ2n) is 10.5. The van der Waals surface area contributed by atoms with Gasteiger partial charge >= 0.3 is 0 Å². The summed E-state index contributed by atoms with van der Waals surface area (Å²) in [6.45, 7) is 14.6. The van der Waals surface area contributed by atoms with Gasteiger partial charge in [0.1, 0.15) is 35.9 Å². The van der Waals surface area contributed by atoms with Crippen LogP contribution in [0.15, 0.2) is 24.3 Å². The van der Waals surface area contributed by atoms with Crippen LogP contribution < -0.4 is 14.8 Å². The first-order chi connectivity index (χ1) is 17.1. The molecular weight excluding hydrogens is 458 g/mol. The van der Waals surface area contributed by atoms with Crippen LogP contribution in [0.1, 0.15) is 64.9 Å². The highest BCUT2D eigenvalue weighted by Gasteiger charge is 2.30. The number of rotatable bonds is 11. The average molecular weight is 500 g/mol. The molecular formula is C28H41N3O5. The van der Waals surface area contributed by atoms with E-state index < -0.39 is 5.41 Å². The lowest BCUT2D eigenvalue weighted by atomic mass is 9.91. The fourth-order valence-corrected chi connectivity index (χ4v) is 4.28. The lowest BCUT2D eigenvalue weighted by Crippen LogP contribution is -2.51. The molecule has 0 unspecified atom stereocenters. The minimum atomic E-state index is -0.515. The Morgan fingerprint density at radius 3 is 2.58 bits per heavy atom. The molecule has 1 aromatic carbocycles. The minimum absolute atomic E-state index is 0.0121. The van der Waals surface area contributed by atoms with E-state index in [2.05, 4.69) is 5.32 Å². The maximum absolute atomic E-state index is 13.8. The number of piperidine rings is 1. The summed E-state index contributed by atoms with van der Waals surface area (Å²) < 4.78 is 17.4. The maximum atomic E-state index is 13.8. The van der Waals surface area contributed by atoms with Crippen LogP contribution in [0, 0.1) is 5.41 Å². The van der Waals surface area contributed by atoms with Gasteiger partial charge in [-0.25, -0.2) is 4.98 Å². The molecule has 1 aliphatic rings. The minimum Gasteiger partial charge on any atom is -0.490 e. The summed E-state index contributed by atoms with van der Waals surface area (Å²) in [5.74, 6) is 0.831. The van der Waals surface area contributed by atoms with Gasteiger partial charge in [-0.3, -0.25) is 9.59 Å². The second kappa shape index (κ2) is 12.5. The van der Waals surface area contributed by atoms with Gasteiger partial charge in [-0.1, -0.05) is 26.8 Å². The number of Topliss-reactive ketones (excluding diaryl/α,β-unsaturated/α-hetero) is 1. The number of aromatic nitrogens is 1. The first-order valence-electron chi connectivity index (χ1n) is 13.0. The van der Waals surface area contributed by atoms with Crippen LogP contribution in [0.4, 0.5) is 0 Å². The van der Waals surface area contributed by atoms with Crippen LogP contribution in [-0.4, -0.2) is 73.2 Å². The van der Waals surface area contributed by atoms with Crippen molar-refractivity contribution < 1.29 is 23.8 Å². The van der Waals surface area contributed by atoms with E-state index in [1.54, 1.807) is 12.1 Å². The summed E-state index contributed by atoms with van der Waals surface area (Å²) >= 11 is 0. The highest BCUT2D eigenvalue weighted by atomic mass is 16.5. The Morgan fingerprint density at radius 1 is 1.17 bits per heavy atom. The third-order valence-electron chi connectivity index (χ3n) is 6.32. The molecule has 0 aliphatic carbocycles. The van der Waals surface area contributed by atoms with E-state index >= 15 is 0 Å². The van der Waals surface area contributed by atoms with Gasteiger partial charge in [0.15, 0.2) is 5.78 Å². The van der Waals surface area contributed by atoms with Crippen molar-refractivity contribution in [3.8, 4) is 11.5 Å². The molecule has 36 heavy (non-hydrogen) atoms. The number of ether oxygens (including phenoxy) is 3. The van der Waals surface area contributed by atoms with Crippen molar-refractivity contribution in [3.63, 3.8) is 0 Å². The van der Waals surface area contributed by atoms with Gasteiger partial charge in [0, 0.05) is 42.1 Å². The molecule has 2 heterocycles. The number of fused-ring (bicyclic) bond motifs is 1. The van der Waals surface area contributed by atoms with Gasteiger partial charge < -0.3 is 24.4 Å². The number of amides is 1. The number of nitrogens with zero attached hydrogens (tertiary/aromatic N) is 2. The third kappa shape index (κ3) is 6.95. The van der Waals surface area contributed by atoms with E-state index in [9.17, 15) is 9.59 Å². The summed E-state index contributed by atoms with van der Waals surface area (Å²) in [5, 5.41) is 4.12. The summed E-state index contributed by atoms with van der Waals surface area (Å²) in [5.41, 5.74) is 0.284. The van der Waals surface area contributed by atoms with Crippen LogP contribution in [0.25, 0.3) is 10.9 Å². The van der Waals surface area contributed by atoms with Crippen LogP contribution in [0.3, 0.4) is 0 Å². The Bertz CT molecular complexity index is 1040. The number of carbonyl (C=O) groups excluding carboxylic acids is 2. The van der Waals surface area contributed by atoms with Crippen molar-refractivity contribution in [1.29, 1.82) is 0 Å². The molecule has 3 rings (SSSR count). The summed E-state index contributed by atoms with van der Waals surface area (Å²) in [6, 6.07) is 7.32. The van der Waals surface area contributed by atoms with Gasteiger partial charge in [-0.15, -0.1) is 0 Å². The van der Waals surface area contributed by atoms with Gasteiger partial charge in [0.05, 0.1) is 6.61 Å². The number of para-hydroxylation sites is 1. The second-order valence-corrected chi connectivity index (χ2v) is 10.5. The molecule has 1 atom stereocenters. The van der Waals surface area contributed by atoms with E-state index in [0.717, 1.165) is 31.3 Å². The van der Waals surface area contributed by atoms with E-state index in [1.807, 2.05) is 58.6 Å². The van der Waals surface area contributed by atoms with Gasteiger partial charge in [0.25, 0.3) is 5.91 Å². The van der Waals surface area contributed by atoms with E-state index in [0.29, 0.717) is 42.5 Å². The molecule has 0 saturated carbocycles. The quantitative estimate of drug-likeness (QED) is 0.462.